The summed E-state index contributed by atoms with van der Waals surface area (Å²) in [5.74, 6) is -0.0620. The van der Waals surface area contributed by atoms with Crippen LogP contribution in [0.25, 0.3) is 0 Å². The minimum Gasteiger partial charge on any atom is -0.369 e. The molecule has 0 atom stereocenters. The van der Waals surface area contributed by atoms with E-state index in [1.54, 1.807) is 18.2 Å². The van der Waals surface area contributed by atoms with Crippen LogP contribution in [-0.4, -0.2) is 31.2 Å². The molecule has 0 bridgehead atoms. The molecule has 7 nitrogen and oxygen atoms in total. The number of hydrogen-bond donors (Lipinski definition) is 3. The van der Waals surface area contributed by atoms with Gasteiger partial charge in [0.1, 0.15) is 5.69 Å². The maximum atomic E-state index is 11.5. The lowest BCUT2D eigenvalue weighted by molar-refractivity contribution is 0.245. The first kappa shape index (κ1) is 25.9. The number of carbonyl (C=O) groups is 1. The van der Waals surface area contributed by atoms with Gasteiger partial charge in [-0.1, -0.05) is 68.8 Å². The fourth-order valence-electron chi connectivity index (χ4n) is 1.97. The predicted molar refractivity (Wildman–Crippen MR) is 116 cm³/mol. The van der Waals surface area contributed by atoms with Crippen molar-refractivity contribution in [2.24, 2.45) is 15.7 Å². The van der Waals surface area contributed by atoms with E-state index in [9.17, 15) is 9.59 Å². The SMILES string of the molecule is CCCCCN=C=O.CCCCCNC(=O)NC(N)=Nc1c(Cl)cccc1Cl. The lowest BCUT2D eigenvalue weighted by Crippen LogP contribution is -2.43. The second-order valence-corrected chi connectivity index (χ2v) is 6.65. The van der Waals surface area contributed by atoms with Crippen LogP contribution < -0.4 is 16.4 Å². The zero-order valence-corrected chi connectivity index (χ0v) is 17.9. The van der Waals surface area contributed by atoms with Crippen molar-refractivity contribution in [1.29, 1.82) is 0 Å². The van der Waals surface area contributed by atoms with Gasteiger partial charge in [-0.05, 0) is 25.0 Å². The Labute approximate surface area is 176 Å². The molecule has 1 aromatic rings. The van der Waals surface area contributed by atoms with Gasteiger partial charge in [0.05, 0.1) is 16.6 Å². The number of aliphatic imine (C=N–C) groups is 2. The number of nitrogens with zero attached hydrogens (tertiary/aromatic N) is 2. The molecule has 9 heteroatoms. The molecule has 0 saturated carbocycles. The van der Waals surface area contributed by atoms with E-state index < -0.39 is 6.03 Å². The highest BCUT2D eigenvalue weighted by molar-refractivity contribution is 6.38. The van der Waals surface area contributed by atoms with E-state index in [0.717, 1.165) is 32.1 Å². The molecule has 4 N–H and O–H groups in total. The van der Waals surface area contributed by atoms with Gasteiger partial charge in [-0.3, -0.25) is 5.32 Å². The highest BCUT2D eigenvalue weighted by Crippen LogP contribution is 2.32. The highest BCUT2D eigenvalue weighted by Gasteiger charge is 2.06. The van der Waals surface area contributed by atoms with Gasteiger partial charge in [-0.15, -0.1) is 0 Å². The van der Waals surface area contributed by atoms with E-state index in [4.69, 9.17) is 28.9 Å². The Hall–Kier alpha value is -2.08. The van der Waals surface area contributed by atoms with Crippen molar-refractivity contribution in [2.45, 2.75) is 52.4 Å². The molecular weight excluding hydrogens is 401 g/mol. The van der Waals surface area contributed by atoms with Crippen LogP contribution in [-0.2, 0) is 4.79 Å². The van der Waals surface area contributed by atoms with Gasteiger partial charge in [-0.2, -0.15) is 0 Å². The Kier molecular flexibility index (Phi) is 15.8. The molecule has 0 unspecified atom stereocenters. The molecule has 0 saturated heterocycles. The molecule has 0 radical (unpaired) electrons. The van der Waals surface area contributed by atoms with Gasteiger partial charge in [0, 0.05) is 6.54 Å². The number of nitrogens with two attached hydrogens (primary N) is 1. The molecular formula is C19H29Cl2N5O2. The summed E-state index contributed by atoms with van der Waals surface area (Å²) in [6, 6.07) is 4.59. The van der Waals surface area contributed by atoms with Gasteiger partial charge < -0.3 is 11.1 Å². The average Bonchev–Trinajstić information content (AvgIpc) is 2.66. The molecule has 0 aliphatic carbocycles. The number of amides is 2. The number of unbranched alkanes of at least 4 members (excludes halogenated alkanes) is 4. The van der Waals surface area contributed by atoms with Gasteiger partial charge in [0.15, 0.2) is 0 Å². The molecule has 156 valence electrons. The highest BCUT2D eigenvalue weighted by atomic mass is 35.5. The van der Waals surface area contributed by atoms with E-state index in [1.165, 1.54) is 12.5 Å². The Bertz CT molecular complexity index is 641. The first-order chi connectivity index (χ1) is 13.5. The Balaban J connectivity index is 0.000000769. The third-order valence-electron chi connectivity index (χ3n) is 3.42. The lowest BCUT2D eigenvalue weighted by atomic mass is 10.2. The van der Waals surface area contributed by atoms with E-state index in [0.29, 0.717) is 28.8 Å². The zero-order chi connectivity index (χ0) is 21.2. The van der Waals surface area contributed by atoms with E-state index in [1.807, 2.05) is 0 Å². The monoisotopic (exact) mass is 429 g/mol. The van der Waals surface area contributed by atoms with Gasteiger partial charge >= 0.3 is 6.03 Å². The maximum Gasteiger partial charge on any atom is 0.321 e. The van der Waals surface area contributed by atoms with Crippen molar-refractivity contribution in [2.75, 3.05) is 13.1 Å². The van der Waals surface area contributed by atoms with Crippen LogP contribution in [0.4, 0.5) is 10.5 Å². The first-order valence-electron chi connectivity index (χ1n) is 9.32. The van der Waals surface area contributed by atoms with Crippen LogP contribution in [0.3, 0.4) is 0 Å². The Morgan fingerprint density at radius 3 is 2.29 bits per heavy atom. The third kappa shape index (κ3) is 13.1. The molecule has 0 heterocycles. The predicted octanol–water partition coefficient (Wildman–Crippen LogP) is 4.94. The fourth-order valence-corrected chi connectivity index (χ4v) is 2.45. The summed E-state index contributed by atoms with van der Waals surface area (Å²) in [7, 11) is 0. The van der Waals surface area contributed by atoms with Crippen LogP contribution in [0, 0.1) is 0 Å². The number of para-hydroxylation sites is 1. The molecule has 2 amide bonds. The van der Waals surface area contributed by atoms with Crippen LogP contribution >= 0.6 is 23.2 Å². The maximum absolute atomic E-state index is 11.5. The minimum atomic E-state index is -0.398. The van der Waals surface area contributed by atoms with Crippen LogP contribution in [0.1, 0.15) is 52.4 Å². The number of isocyanates is 1. The van der Waals surface area contributed by atoms with Crippen LogP contribution in [0.5, 0.6) is 0 Å². The molecule has 28 heavy (non-hydrogen) atoms. The summed E-state index contributed by atoms with van der Waals surface area (Å²) in [6.07, 6.45) is 7.95. The smallest absolute Gasteiger partial charge is 0.321 e. The van der Waals surface area contributed by atoms with Crippen molar-refractivity contribution >= 4 is 47.0 Å². The summed E-state index contributed by atoms with van der Waals surface area (Å²) in [5, 5.41) is 5.84. The number of rotatable bonds is 9. The second-order valence-electron chi connectivity index (χ2n) is 5.84. The van der Waals surface area contributed by atoms with E-state index >= 15 is 0 Å². The lowest BCUT2D eigenvalue weighted by Gasteiger charge is -2.07. The van der Waals surface area contributed by atoms with Crippen molar-refractivity contribution in [3.63, 3.8) is 0 Å². The first-order valence-corrected chi connectivity index (χ1v) is 10.1. The largest absolute Gasteiger partial charge is 0.369 e. The summed E-state index contributed by atoms with van der Waals surface area (Å²) < 4.78 is 0. The molecule has 1 aromatic carbocycles. The minimum absolute atomic E-state index is 0.0620. The average molecular weight is 430 g/mol. The van der Waals surface area contributed by atoms with Gasteiger partial charge in [0.25, 0.3) is 0 Å². The number of halogens is 2. The molecule has 0 spiro atoms. The number of nitrogens with one attached hydrogen (secondary N) is 2. The zero-order valence-electron chi connectivity index (χ0n) is 16.4. The van der Waals surface area contributed by atoms with Crippen LogP contribution in [0.2, 0.25) is 10.0 Å². The molecule has 0 aliphatic heterocycles. The standard InChI is InChI=1S/C13H18Cl2N4O.C6H11NO/c1-2-3-4-8-17-13(20)19-12(16)18-11-9(14)6-5-7-10(11)15;1-2-3-4-5-7-6-8/h5-7H,2-4,8H2,1H3,(H4,16,17,18,19,20);2-5H2,1H3. The third-order valence-corrected chi connectivity index (χ3v) is 4.03. The normalized spacial score (nSPS) is 10.4. The quantitative estimate of drug-likeness (QED) is 0.223. The molecule has 1 rings (SSSR count). The van der Waals surface area contributed by atoms with Crippen molar-refractivity contribution in [3.8, 4) is 0 Å². The van der Waals surface area contributed by atoms with E-state index in [2.05, 4.69) is 34.5 Å². The van der Waals surface area contributed by atoms with Gasteiger partial charge in [0.2, 0.25) is 12.0 Å². The number of guanidine groups is 1. The number of hydrogen-bond acceptors (Lipinski definition) is 4. The van der Waals surface area contributed by atoms with Crippen molar-refractivity contribution in [3.05, 3.63) is 28.2 Å². The number of benzene rings is 1. The molecule has 0 fully saturated rings. The van der Waals surface area contributed by atoms with Gasteiger partial charge in [-0.25, -0.2) is 19.6 Å². The summed E-state index contributed by atoms with van der Waals surface area (Å²) in [6.45, 7) is 5.46. The fraction of sp³-hybridized carbons (Fsp3) is 0.526. The topological polar surface area (TPSA) is 109 Å². The van der Waals surface area contributed by atoms with Crippen molar-refractivity contribution < 1.29 is 9.59 Å². The summed E-state index contributed by atoms with van der Waals surface area (Å²) in [5.41, 5.74) is 5.97. The summed E-state index contributed by atoms with van der Waals surface area (Å²) in [4.78, 5) is 28.4. The number of urea groups is 1. The molecule has 0 aliphatic rings. The second kappa shape index (κ2) is 17.0. The van der Waals surface area contributed by atoms with E-state index in [-0.39, 0.29) is 5.96 Å². The summed E-state index contributed by atoms with van der Waals surface area (Å²) >= 11 is 11.9. The number of carbonyl (C=O) groups excluding carboxylic acids is 2. The Morgan fingerprint density at radius 1 is 1.11 bits per heavy atom. The molecule has 0 aromatic heterocycles. The Morgan fingerprint density at radius 2 is 1.71 bits per heavy atom. The van der Waals surface area contributed by atoms with Crippen LogP contribution in [0.15, 0.2) is 28.2 Å². The van der Waals surface area contributed by atoms with Crippen molar-refractivity contribution in [1.82, 2.24) is 10.6 Å².